The quantitative estimate of drug-likeness (QED) is 0.468. The number of pyridine rings is 1. The van der Waals surface area contributed by atoms with Gasteiger partial charge in [-0.1, -0.05) is 6.92 Å². The van der Waals surface area contributed by atoms with Gasteiger partial charge in [0.05, 0.1) is 24.6 Å². The minimum Gasteiger partial charge on any atom is -0.495 e. The van der Waals surface area contributed by atoms with Crippen molar-refractivity contribution >= 4 is 11.7 Å². The smallest absolute Gasteiger partial charge is 0.417 e. The maximum absolute atomic E-state index is 14.9. The zero-order valence-electron chi connectivity index (χ0n) is 19.7. The summed E-state index contributed by atoms with van der Waals surface area (Å²) < 4.78 is 67.0. The van der Waals surface area contributed by atoms with E-state index < -0.39 is 29.1 Å². The molecule has 5 rings (SSSR count). The molecule has 2 aliphatic heterocycles. The maximum atomic E-state index is 14.9. The molecule has 12 heteroatoms. The third-order valence-corrected chi connectivity index (χ3v) is 6.82. The number of nitrogens with zero attached hydrogens (tertiary/aromatic N) is 4. The first-order chi connectivity index (χ1) is 17.0. The summed E-state index contributed by atoms with van der Waals surface area (Å²) in [7, 11) is 1.35. The lowest BCUT2D eigenvalue weighted by atomic mass is 9.64. The van der Waals surface area contributed by atoms with Gasteiger partial charge in [-0.25, -0.2) is 9.18 Å². The Labute approximate surface area is 203 Å². The summed E-state index contributed by atoms with van der Waals surface area (Å²) in [4.78, 5) is 18.8. The highest BCUT2D eigenvalue weighted by atomic mass is 19.4. The summed E-state index contributed by atoms with van der Waals surface area (Å²) in [5.74, 6) is -0.0393. The van der Waals surface area contributed by atoms with E-state index in [1.54, 1.807) is 11.8 Å². The molecule has 0 unspecified atom stereocenters. The first-order valence-electron chi connectivity index (χ1n) is 11.3. The van der Waals surface area contributed by atoms with E-state index >= 15 is 0 Å². The van der Waals surface area contributed by atoms with Crippen LogP contribution in [0.2, 0.25) is 0 Å². The molecule has 0 saturated carbocycles. The van der Waals surface area contributed by atoms with Crippen LogP contribution in [0, 0.1) is 18.7 Å². The highest BCUT2D eigenvalue weighted by molar-refractivity contribution is 5.92. The van der Waals surface area contributed by atoms with Crippen molar-refractivity contribution in [2.75, 3.05) is 12.4 Å². The SMILES string of the molecule is COc1cncc(-c2cc(NC(=O)N3[C@@H]4C[C@@H](C)C[C@@]3(c3nnc(C)o3)C4)c(F)cc2C(F)(F)F)c1. The zero-order valence-corrected chi connectivity index (χ0v) is 19.7. The van der Waals surface area contributed by atoms with E-state index in [1.165, 1.54) is 25.6 Å². The minimum absolute atomic E-state index is 0.0598. The van der Waals surface area contributed by atoms with Crippen molar-refractivity contribution in [1.29, 1.82) is 0 Å². The first kappa shape index (κ1) is 24.0. The third kappa shape index (κ3) is 3.94. The number of fused-ring (bicyclic) bond motifs is 2. The van der Waals surface area contributed by atoms with Crippen molar-refractivity contribution in [1.82, 2.24) is 20.1 Å². The number of benzene rings is 1. The number of aryl methyl sites for hydroxylation is 1. The van der Waals surface area contributed by atoms with Gasteiger partial charge in [-0.15, -0.1) is 10.2 Å². The van der Waals surface area contributed by atoms with Crippen LogP contribution in [0.3, 0.4) is 0 Å². The van der Waals surface area contributed by atoms with E-state index in [4.69, 9.17) is 9.15 Å². The predicted octanol–water partition coefficient (Wildman–Crippen LogP) is 5.54. The molecule has 2 aromatic heterocycles. The minimum atomic E-state index is -4.84. The molecule has 36 heavy (non-hydrogen) atoms. The van der Waals surface area contributed by atoms with Crippen LogP contribution in [0.15, 0.2) is 35.0 Å². The Morgan fingerprint density at radius 2 is 2.00 bits per heavy atom. The largest absolute Gasteiger partial charge is 0.495 e. The summed E-state index contributed by atoms with van der Waals surface area (Å²) >= 11 is 0. The normalized spacial score (nSPS) is 23.2. The topological polar surface area (TPSA) is 93.4 Å². The molecule has 3 atom stereocenters. The highest BCUT2D eigenvalue weighted by Crippen LogP contribution is 2.55. The molecule has 3 aromatic rings. The van der Waals surface area contributed by atoms with Crippen LogP contribution in [0.25, 0.3) is 11.1 Å². The number of hydrogen-bond acceptors (Lipinski definition) is 6. The number of halogens is 4. The van der Waals surface area contributed by atoms with Crippen LogP contribution in [0.5, 0.6) is 5.75 Å². The molecule has 2 aliphatic rings. The van der Waals surface area contributed by atoms with E-state index in [2.05, 4.69) is 27.4 Å². The van der Waals surface area contributed by atoms with E-state index in [9.17, 15) is 22.4 Å². The van der Waals surface area contributed by atoms with E-state index in [-0.39, 0.29) is 34.5 Å². The van der Waals surface area contributed by atoms with Crippen molar-refractivity contribution in [3.05, 3.63) is 53.8 Å². The summed E-state index contributed by atoms with van der Waals surface area (Å²) in [5, 5.41) is 10.5. The molecule has 190 valence electrons. The molecule has 8 nitrogen and oxygen atoms in total. The van der Waals surface area contributed by atoms with Crippen LogP contribution < -0.4 is 10.1 Å². The number of carbonyl (C=O) groups is 1. The fourth-order valence-corrected chi connectivity index (χ4v) is 5.43. The van der Waals surface area contributed by atoms with Crippen LogP contribution >= 0.6 is 0 Å². The molecule has 1 N–H and O–H groups in total. The lowest BCUT2D eigenvalue weighted by Gasteiger charge is -2.61. The fourth-order valence-electron chi connectivity index (χ4n) is 5.43. The van der Waals surface area contributed by atoms with Crippen molar-refractivity contribution < 1.29 is 31.5 Å². The van der Waals surface area contributed by atoms with E-state index in [0.29, 0.717) is 30.7 Å². The number of anilines is 1. The molecule has 2 saturated heterocycles. The summed E-state index contributed by atoms with van der Waals surface area (Å²) in [6, 6.07) is 1.91. The Hall–Kier alpha value is -3.70. The second-order valence-corrected chi connectivity index (χ2v) is 9.35. The number of nitrogens with one attached hydrogen (secondary N) is 1. The van der Waals surface area contributed by atoms with Crippen LogP contribution in [-0.2, 0) is 11.7 Å². The van der Waals surface area contributed by atoms with Gasteiger partial charge >= 0.3 is 12.2 Å². The summed E-state index contributed by atoms with van der Waals surface area (Å²) in [5.41, 5.74) is -2.70. The van der Waals surface area contributed by atoms with Crippen molar-refractivity contribution in [2.24, 2.45) is 5.92 Å². The van der Waals surface area contributed by atoms with Gasteiger partial charge in [0, 0.05) is 31.1 Å². The molecule has 0 spiro atoms. The second-order valence-electron chi connectivity index (χ2n) is 9.35. The average Bonchev–Trinajstić information content (AvgIpc) is 3.25. The highest BCUT2D eigenvalue weighted by Gasteiger charge is 2.62. The second kappa shape index (κ2) is 8.45. The molecule has 4 heterocycles. The first-order valence-corrected chi connectivity index (χ1v) is 11.3. The molecule has 0 aliphatic carbocycles. The van der Waals surface area contributed by atoms with E-state index in [1.807, 2.05) is 0 Å². The molecular formula is C24H23F4N5O3. The number of rotatable bonds is 4. The zero-order chi connectivity index (χ0) is 25.8. The molecule has 2 bridgehead atoms. The number of piperidine rings is 1. The molecule has 1 aromatic carbocycles. The van der Waals surface area contributed by atoms with Crippen molar-refractivity contribution in [2.45, 2.75) is 50.9 Å². The average molecular weight is 505 g/mol. The maximum Gasteiger partial charge on any atom is 0.417 e. The molecule has 0 radical (unpaired) electrons. The molecule has 2 amide bonds. The number of hydrogen-bond donors (Lipinski definition) is 1. The van der Waals surface area contributed by atoms with Gasteiger partial charge in [-0.05, 0) is 42.5 Å². The number of amides is 2. The number of methoxy groups -OCH3 is 1. The Morgan fingerprint density at radius 1 is 1.22 bits per heavy atom. The van der Waals surface area contributed by atoms with Gasteiger partial charge in [0.1, 0.15) is 17.1 Å². The number of aromatic nitrogens is 3. The van der Waals surface area contributed by atoms with Crippen LogP contribution in [-0.4, -0.2) is 39.3 Å². The Morgan fingerprint density at radius 3 is 2.67 bits per heavy atom. The fraction of sp³-hybridized carbons (Fsp3) is 0.417. The monoisotopic (exact) mass is 505 g/mol. The lowest BCUT2D eigenvalue weighted by molar-refractivity contribution is -0.137. The van der Waals surface area contributed by atoms with Crippen LogP contribution in [0.4, 0.5) is 28.0 Å². The van der Waals surface area contributed by atoms with Crippen LogP contribution in [0.1, 0.15) is 43.5 Å². The summed E-state index contributed by atoms with van der Waals surface area (Å²) in [6.07, 6.45) is -0.363. The van der Waals surface area contributed by atoms with Gasteiger partial charge in [-0.3, -0.25) is 4.98 Å². The lowest BCUT2D eigenvalue weighted by Crippen LogP contribution is -2.70. The van der Waals surface area contributed by atoms with E-state index in [0.717, 1.165) is 12.5 Å². The van der Waals surface area contributed by atoms with Crippen molar-refractivity contribution in [3.63, 3.8) is 0 Å². The van der Waals surface area contributed by atoms with Gasteiger partial charge in [-0.2, -0.15) is 13.2 Å². The Balaban J connectivity index is 1.51. The van der Waals surface area contributed by atoms with Gasteiger partial charge in [0.25, 0.3) is 0 Å². The van der Waals surface area contributed by atoms with Crippen molar-refractivity contribution in [3.8, 4) is 16.9 Å². The standard InChI is InChI=1S/C24H23F4N5O3/c1-12-4-15-9-23(8-12,21-32-31-13(2)36-21)33(15)22(34)30-20-6-17(14-5-16(35-3)11-29-10-14)18(7-19(20)25)24(26,27)28/h5-7,10-12,15H,4,8-9H2,1-3H3,(H,30,34)/t12-,15-,23+/m1/s1. The molecule has 2 fully saturated rings. The van der Waals surface area contributed by atoms with Gasteiger partial charge in [0.2, 0.25) is 11.8 Å². The van der Waals surface area contributed by atoms with Gasteiger partial charge in [0.15, 0.2) is 0 Å². The Bertz CT molecular complexity index is 1330. The third-order valence-electron chi connectivity index (χ3n) is 6.82. The predicted molar refractivity (Wildman–Crippen MR) is 120 cm³/mol. The Kier molecular flexibility index (Phi) is 5.64. The number of carbonyl (C=O) groups excluding carboxylic acids is 1. The number of alkyl halides is 3. The number of ether oxygens (including phenoxy) is 1. The van der Waals surface area contributed by atoms with Gasteiger partial charge < -0.3 is 19.4 Å². The molecular weight excluding hydrogens is 482 g/mol. The summed E-state index contributed by atoms with van der Waals surface area (Å²) in [6.45, 7) is 3.70. The number of urea groups is 1.